The standard InChI is InChI=1S/C25H31N5O4S/c1-25(2,3)34-24(32)28-11-9-20(18-7-5-6-8-19(18)28)29-14-16-13-26-22(35-4)27-21(16)30(23(29)31)17-10-12-33-15-17/h5-8,13,17,20H,9-12,14-15H2,1-4H3/t17-,20-/m0/s1. The fraction of sp³-hybridized carbons (Fsp3) is 0.520. The summed E-state index contributed by atoms with van der Waals surface area (Å²) >= 11 is 1.46. The monoisotopic (exact) mass is 497 g/mol. The molecule has 10 heteroatoms. The molecule has 4 heterocycles. The van der Waals surface area contributed by atoms with Crippen LogP contribution in [0.1, 0.15) is 50.8 Å². The van der Waals surface area contributed by atoms with Crippen LogP contribution in [0.15, 0.2) is 35.6 Å². The average Bonchev–Trinajstić information content (AvgIpc) is 3.36. The quantitative estimate of drug-likeness (QED) is 0.452. The number of fused-ring (bicyclic) bond motifs is 2. The zero-order valence-electron chi connectivity index (χ0n) is 20.6. The first kappa shape index (κ1) is 23.9. The SMILES string of the molecule is CSc1ncc2c(n1)N([C@H]1CCOC1)C(=O)N([C@H]1CCN(C(=O)OC(C)(C)C)c3ccccc31)C2. The Morgan fingerprint density at radius 3 is 2.74 bits per heavy atom. The average molecular weight is 498 g/mol. The minimum absolute atomic E-state index is 0.0641. The molecule has 3 aliphatic rings. The number of ether oxygens (including phenoxy) is 2. The second-order valence-corrected chi connectivity index (χ2v) is 10.8. The molecule has 1 saturated heterocycles. The first-order valence-electron chi connectivity index (χ1n) is 11.9. The highest BCUT2D eigenvalue weighted by Crippen LogP contribution is 2.42. The zero-order valence-corrected chi connectivity index (χ0v) is 21.4. The van der Waals surface area contributed by atoms with Crippen LogP contribution in [0.2, 0.25) is 0 Å². The molecule has 0 bridgehead atoms. The molecule has 0 radical (unpaired) electrons. The zero-order chi connectivity index (χ0) is 24.7. The highest BCUT2D eigenvalue weighted by Gasteiger charge is 2.43. The lowest BCUT2D eigenvalue weighted by Crippen LogP contribution is -2.54. The van der Waals surface area contributed by atoms with Gasteiger partial charge in [0.15, 0.2) is 5.16 Å². The lowest BCUT2D eigenvalue weighted by molar-refractivity contribution is 0.0572. The summed E-state index contributed by atoms with van der Waals surface area (Å²) in [6, 6.07) is 7.44. The maximum atomic E-state index is 14.0. The third-order valence-electron chi connectivity index (χ3n) is 6.50. The van der Waals surface area contributed by atoms with Crippen molar-refractivity contribution in [3.8, 4) is 0 Å². The number of benzene rings is 1. The number of anilines is 2. The number of nitrogens with zero attached hydrogens (tertiary/aromatic N) is 5. The van der Waals surface area contributed by atoms with Gasteiger partial charge in [0.25, 0.3) is 0 Å². The molecule has 0 aliphatic carbocycles. The second-order valence-electron chi connectivity index (χ2n) is 10.00. The summed E-state index contributed by atoms with van der Waals surface area (Å²) in [5.74, 6) is 0.681. The van der Waals surface area contributed by atoms with Gasteiger partial charge >= 0.3 is 12.1 Å². The van der Waals surface area contributed by atoms with E-state index >= 15 is 0 Å². The smallest absolute Gasteiger partial charge is 0.414 e. The van der Waals surface area contributed by atoms with Gasteiger partial charge in [-0.2, -0.15) is 0 Å². The van der Waals surface area contributed by atoms with Crippen molar-refractivity contribution in [2.45, 2.75) is 63.0 Å². The predicted molar refractivity (Wildman–Crippen MR) is 134 cm³/mol. The third-order valence-corrected chi connectivity index (χ3v) is 7.06. The van der Waals surface area contributed by atoms with E-state index in [-0.39, 0.29) is 24.2 Å². The summed E-state index contributed by atoms with van der Waals surface area (Å²) in [5, 5.41) is 0.643. The van der Waals surface area contributed by atoms with Gasteiger partial charge in [-0.25, -0.2) is 19.6 Å². The molecule has 3 aliphatic heterocycles. The Hall–Kier alpha value is -2.85. The summed E-state index contributed by atoms with van der Waals surface area (Å²) in [6.45, 7) is 7.57. The molecule has 5 rings (SSSR count). The van der Waals surface area contributed by atoms with Crippen LogP contribution >= 0.6 is 11.8 Å². The number of para-hydroxylation sites is 1. The number of carbonyl (C=O) groups is 2. The van der Waals surface area contributed by atoms with Gasteiger partial charge in [0.05, 0.1) is 30.9 Å². The van der Waals surface area contributed by atoms with Crippen molar-refractivity contribution in [3.05, 3.63) is 41.6 Å². The van der Waals surface area contributed by atoms with E-state index in [2.05, 4.69) is 4.98 Å². The van der Waals surface area contributed by atoms with Gasteiger partial charge in [0, 0.05) is 24.9 Å². The van der Waals surface area contributed by atoms with Crippen LogP contribution in [-0.2, 0) is 16.0 Å². The first-order valence-corrected chi connectivity index (χ1v) is 13.2. The number of aromatic nitrogens is 2. The maximum Gasteiger partial charge on any atom is 0.414 e. The van der Waals surface area contributed by atoms with Gasteiger partial charge in [-0.15, -0.1) is 0 Å². The Labute approximate surface area is 209 Å². The van der Waals surface area contributed by atoms with Gasteiger partial charge in [0.1, 0.15) is 11.4 Å². The molecule has 0 unspecified atom stereocenters. The van der Waals surface area contributed by atoms with Crippen molar-refractivity contribution in [1.29, 1.82) is 0 Å². The summed E-state index contributed by atoms with van der Waals surface area (Å²) in [4.78, 5) is 41.5. The van der Waals surface area contributed by atoms with Gasteiger partial charge in [-0.1, -0.05) is 30.0 Å². The van der Waals surface area contributed by atoms with Crippen LogP contribution in [0.4, 0.5) is 21.1 Å². The molecule has 0 saturated carbocycles. The normalized spacial score (nSPS) is 22.2. The van der Waals surface area contributed by atoms with E-state index in [1.54, 1.807) is 9.80 Å². The van der Waals surface area contributed by atoms with E-state index in [1.807, 2.05) is 62.4 Å². The Morgan fingerprint density at radius 2 is 2.03 bits per heavy atom. The highest BCUT2D eigenvalue weighted by molar-refractivity contribution is 7.98. The molecular formula is C25H31N5O4S. The van der Waals surface area contributed by atoms with Gasteiger partial charge in [-0.05, 0) is 51.5 Å². The van der Waals surface area contributed by atoms with Crippen molar-refractivity contribution in [1.82, 2.24) is 14.9 Å². The molecular weight excluding hydrogens is 466 g/mol. The lowest BCUT2D eigenvalue weighted by Gasteiger charge is -2.45. The Bertz CT molecular complexity index is 1130. The predicted octanol–water partition coefficient (Wildman–Crippen LogP) is 4.62. The van der Waals surface area contributed by atoms with Crippen LogP contribution in [0, 0.1) is 0 Å². The molecule has 9 nitrogen and oxygen atoms in total. The van der Waals surface area contributed by atoms with E-state index in [0.717, 1.165) is 23.2 Å². The summed E-state index contributed by atoms with van der Waals surface area (Å²) in [6.07, 6.45) is 4.76. The summed E-state index contributed by atoms with van der Waals surface area (Å²) in [7, 11) is 0. The number of rotatable bonds is 3. The third kappa shape index (κ3) is 4.56. The molecule has 1 aromatic heterocycles. The minimum Gasteiger partial charge on any atom is -0.443 e. The van der Waals surface area contributed by atoms with Crippen molar-refractivity contribution < 1.29 is 19.1 Å². The van der Waals surface area contributed by atoms with Gasteiger partial charge in [0.2, 0.25) is 0 Å². The van der Waals surface area contributed by atoms with Crippen LogP contribution in [0.25, 0.3) is 0 Å². The second kappa shape index (κ2) is 9.31. The Balaban J connectivity index is 1.50. The van der Waals surface area contributed by atoms with Crippen LogP contribution in [0.5, 0.6) is 0 Å². The molecule has 1 fully saturated rings. The topological polar surface area (TPSA) is 88.1 Å². The number of urea groups is 1. The Kier molecular flexibility index (Phi) is 6.35. The largest absolute Gasteiger partial charge is 0.443 e. The molecule has 3 amide bonds. The molecule has 186 valence electrons. The van der Waals surface area contributed by atoms with Crippen LogP contribution in [0.3, 0.4) is 0 Å². The van der Waals surface area contributed by atoms with Crippen molar-refractivity contribution in [2.75, 3.05) is 35.8 Å². The first-order chi connectivity index (χ1) is 16.8. The van der Waals surface area contributed by atoms with Crippen molar-refractivity contribution in [2.24, 2.45) is 0 Å². The van der Waals surface area contributed by atoms with Crippen molar-refractivity contribution >= 4 is 35.4 Å². The molecule has 35 heavy (non-hydrogen) atoms. The number of hydrogen-bond donors (Lipinski definition) is 0. The van der Waals surface area contributed by atoms with E-state index < -0.39 is 5.60 Å². The van der Waals surface area contributed by atoms with Crippen molar-refractivity contribution in [3.63, 3.8) is 0 Å². The molecule has 2 atom stereocenters. The van der Waals surface area contributed by atoms with Gasteiger partial charge in [-0.3, -0.25) is 9.80 Å². The summed E-state index contributed by atoms with van der Waals surface area (Å²) < 4.78 is 11.3. The number of carbonyl (C=O) groups excluding carboxylic acids is 2. The fourth-order valence-electron chi connectivity index (χ4n) is 4.95. The Morgan fingerprint density at radius 1 is 1.23 bits per heavy atom. The highest BCUT2D eigenvalue weighted by atomic mass is 32.2. The molecule has 2 aromatic rings. The van der Waals surface area contributed by atoms with E-state index in [9.17, 15) is 9.59 Å². The molecule has 0 N–H and O–H groups in total. The van der Waals surface area contributed by atoms with E-state index in [4.69, 9.17) is 14.5 Å². The fourth-order valence-corrected chi connectivity index (χ4v) is 5.29. The van der Waals surface area contributed by atoms with Gasteiger partial charge < -0.3 is 14.4 Å². The summed E-state index contributed by atoms with van der Waals surface area (Å²) in [5.41, 5.74) is 2.04. The number of hydrogen-bond acceptors (Lipinski definition) is 7. The van der Waals surface area contributed by atoms with Crippen LogP contribution < -0.4 is 9.80 Å². The minimum atomic E-state index is -0.588. The number of thioether (sulfide) groups is 1. The molecule has 1 aromatic carbocycles. The van der Waals surface area contributed by atoms with Crippen LogP contribution in [-0.4, -0.2) is 64.6 Å². The molecule has 0 spiro atoms. The van der Waals surface area contributed by atoms with E-state index in [1.165, 1.54) is 11.8 Å². The maximum absolute atomic E-state index is 14.0. The van der Waals surface area contributed by atoms with E-state index in [0.29, 0.717) is 43.7 Å². The lowest BCUT2D eigenvalue weighted by atomic mass is 9.94. The number of amides is 3.